The number of carbonyl (C=O) groups excluding carboxylic acids is 1. The summed E-state index contributed by atoms with van der Waals surface area (Å²) in [6, 6.07) is 29.8. The summed E-state index contributed by atoms with van der Waals surface area (Å²) in [5.41, 5.74) is 2.55. The average Bonchev–Trinajstić information content (AvgIpc) is 2.57. The monoisotopic (exact) mass is 290 g/mol. The summed E-state index contributed by atoms with van der Waals surface area (Å²) >= 11 is 0. The molecule has 0 aliphatic rings. The van der Waals surface area contributed by atoms with Gasteiger partial charge < -0.3 is 4.74 Å². The summed E-state index contributed by atoms with van der Waals surface area (Å²) in [5, 5.41) is 0. The predicted octanol–water partition coefficient (Wildman–Crippen LogP) is 4.97. The molecule has 0 unspecified atom stereocenters. The van der Waals surface area contributed by atoms with Crippen molar-refractivity contribution in [1.82, 2.24) is 0 Å². The molecule has 0 aliphatic heterocycles. The van der Waals surface area contributed by atoms with E-state index >= 15 is 0 Å². The van der Waals surface area contributed by atoms with Gasteiger partial charge in [0.1, 0.15) is 5.75 Å². The molecule has 3 aromatic rings. The molecule has 0 bridgehead atoms. The van der Waals surface area contributed by atoms with Gasteiger partial charge in [-0.1, -0.05) is 78.9 Å². The van der Waals surface area contributed by atoms with Gasteiger partial charge in [-0.3, -0.25) is 4.79 Å². The van der Waals surface area contributed by atoms with Crippen LogP contribution in [0, 0.1) is 0 Å². The Hall–Kier alpha value is -2.87. The molecule has 22 heavy (non-hydrogen) atoms. The third-order valence-electron chi connectivity index (χ3n) is 2.89. The van der Waals surface area contributed by atoms with Gasteiger partial charge in [-0.15, -0.1) is 0 Å². The van der Waals surface area contributed by atoms with Crippen LogP contribution < -0.4 is 4.74 Å². The topological polar surface area (TPSA) is 26.3 Å². The predicted molar refractivity (Wildman–Crippen MR) is 89.6 cm³/mol. The average molecular weight is 290 g/mol. The summed E-state index contributed by atoms with van der Waals surface area (Å²) in [6.07, 6.45) is 0. The van der Waals surface area contributed by atoms with Crippen molar-refractivity contribution in [3.8, 4) is 16.9 Å². The molecule has 3 aromatic carbocycles. The Balaban J connectivity index is 0.000000164. The van der Waals surface area contributed by atoms with E-state index in [4.69, 9.17) is 4.74 Å². The van der Waals surface area contributed by atoms with Crippen molar-refractivity contribution >= 4 is 5.97 Å². The second-order valence-electron chi connectivity index (χ2n) is 4.64. The first-order chi connectivity index (χ1) is 10.8. The lowest BCUT2D eigenvalue weighted by Gasteiger charge is -1.98. The van der Waals surface area contributed by atoms with Crippen molar-refractivity contribution in [2.45, 2.75) is 6.92 Å². The number of para-hydroxylation sites is 1. The molecule has 0 atom stereocenters. The highest BCUT2D eigenvalue weighted by Gasteiger charge is 1.93. The van der Waals surface area contributed by atoms with Crippen LogP contribution in [0.1, 0.15) is 6.92 Å². The van der Waals surface area contributed by atoms with Crippen LogP contribution in [-0.2, 0) is 4.79 Å². The van der Waals surface area contributed by atoms with E-state index in [1.54, 1.807) is 12.1 Å². The van der Waals surface area contributed by atoms with E-state index in [1.807, 2.05) is 30.3 Å². The molecule has 0 fully saturated rings. The van der Waals surface area contributed by atoms with Gasteiger partial charge in [-0.2, -0.15) is 0 Å². The first kappa shape index (κ1) is 15.5. The highest BCUT2D eigenvalue weighted by atomic mass is 16.5. The van der Waals surface area contributed by atoms with Crippen molar-refractivity contribution in [3.05, 3.63) is 91.0 Å². The Bertz CT molecular complexity index is 639. The van der Waals surface area contributed by atoms with Gasteiger partial charge in [-0.05, 0) is 23.3 Å². The van der Waals surface area contributed by atoms with E-state index in [0.29, 0.717) is 5.75 Å². The SMILES string of the molecule is CC(=O)Oc1ccccc1.c1ccc(-c2ccccc2)cc1. The van der Waals surface area contributed by atoms with Gasteiger partial charge in [0.05, 0.1) is 0 Å². The van der Waals surface area contributed by atoms with Crippen LogP contribution in [0.4, 0.5) is 0 Å². The summed E-state index contributed by atoms with van der Waals surface area (Å²) in [6.45, 7) is 1.38. The molecule has 110 valence electrons. The number of ether oxygens (including phenoxy) is 1. The van der Waals surface area contributed by atoms with Gasteiger partial charge in [0.25, 0.3) is 0 Å². The van der Waals surface area contributed by atoms with Crippen LogP contribution in [0.2, 0.25) is 0 Å². The van der Waals surface area contributed by atoms with E-state index in [-0.39, 0.29) is 5.97 Å². The van der Waals surface area contributed by atoms with Crippen LogP contribution in [0.25, 0.3) is 11.1 Å². The number of benzene rings is 3. The minimum atomic E-state index is -0.286. The maximum absolute atomic E-state index is 10.4. The molecule has 0 radical (unpaired) electrons. The molecule has 0 amide bonds. The minimum Gasteiger partial charge on any atom is -0.427 e. The normalized spacial score (nSPS) is 9.32. The van der Waals surface area contributed by atoms with Crippen LogP contribution in [0.3, 0.4) is 0 Å². The molecule has 0 saturated carbocycles. The lowest BCUT2D eigenvalue weighted by atomic mass is 10.1. The molecule has 0 aromatic heterocycles. The second-order valence-corrected chi connectivity index (χ2v) is 4.64. The standard InChI is InChI=1S/C12H10.C8H8O2/c1-3-7-11(8-4-1)12-9-5-2-6-10-12;1-7(9)10-8-5-3-2-4-6-8/h1-10H;2-6H,1H3. The molecule has 0 saturated heterocycles. The Morgan fingerprint density at radius 3 is 1.36 bits per heavy atom. The van der Waals surface area contributed by atoms with Crippen molar-refractivity contribution in [2.75, 3.05) is 0 Å². The molecule has 2 nitrogen and oxygen atoms in total. The molecule has 0 N–H and O–H groups in total. The molecule has 3 rings (SSSR count). The quantitative estimate of drug-likeness (QED) is 0.492. The van der Waals surface area contributed by atoms with Crippen molar-refractivity contribution in [1.29, 1.82) is 0 Å². The first-order valence-corrected chi connectivity index (χ1v) is 7.09. The number of hydrogen-bond acceptors (Lipinski definition) is 2. The van der Waals surface area contributed by atoms with Crippen molar-refractivity contribution < 1.29 is 9.53 Å². The fraction of sp³-hybridized carbons (Fsp3) is 0.0500. The third-order valence-corrected chi connectivity index (χ3v) is 2.89. The first-order valence-electron chi connectivity index (χ1n) is 7.09. The van der Waals surface area contributed by atoms with Gasteiger partial charge in [0.2, 0.25) is 0 Å². The van der Waals surface area contributed by atoms with E-state index in [9.17, 15) is 4.79 Å². The fourth-order valence-electron chi connectivity index (χ4n) is 1.92. The highest BCUT2D eigenvalue weighted by Crippen LogP contribution is 2.17. The fourth-order valence-corrected chi connectivity index (χ4v) is 1.92. The van der Waals surface area contributed by atoms with E-state index in [1.165, 1.54) is 18.1 Å². The Morgan fingerprint density at radius 1 is 0.636 bits per heavy atom. The van der Waals surface area contributed by atoms with Gasteiger partial charge in [-0.25, -0.2) is 0 Å². The number of esters is 1. The molecule has 0 aliphatic carbocycles. The summed E-state index contributed by atoms with van der Waals surface area (Å²) in [7, 11) is 0. The van der Waals surface area contributed by atoms with E-state index in [2.05, 4.69) is 48.5 Å². The zero-order chi connectivity index (χ0) is 15.6. The second kappa shape index (κ2) is 8.42. The third kappa shape index (κ3) is 5.25. The molecule has 0 spiro atoms. The summed E-state index contributed by atoms with van der Waals surface area (Å²) in [4.78, 5) is 10.4. The minimum absolute atomic E-state index is 0.286. The molecule has 2 heteroatoms. The number of rotatable bonds is 2. The number of hydrogen-bond donors (Lipinski definition) is 0. The lowest BCUT2D eigenvalue weighted by molar-refractivity contribution is -0.131. The Kier molecular flexibility index (Phi) is 5.94. The molecular formula is C20H18O2. The Labute approximate surface area is 131 Å². The highest BCUT2D eigenvalue weighted by molar-refractivity contribution is 5.69. The van der Waals surface area contributed by atoms with Gasteiger partial charge >= 0.3 is 5.97 Å². The summed E-state index contributed by atoms with van der Waals surface area (Å²) in [5.74, 6) is 0.307. The van der Waals surface area contributed by atoms with Gasteiger partial charge in [0, 0.05) is 6.92 Å². The maximum Gasteiger partial charge on any atom is 0.308 e. The smallest absolute Gasteiger partial charge is 0.308 e. The van der Waals surface area contributed by atoms with Crippen molar-refractivity contribution in [3.63, 3.8) is 0 Å². The zero-order valence-corrected chi connectivity index (χ0v) is 12.5. The number of carbonyl (C=O) groups is 1. The molecular weight excluding hydrogens is 272 g/mol. The largest absolute Gasteiger partial charge is 0.427 e. The van der Waals surface area contributed by atoms with Gasteiger partial charge in [0.15, 0.2) is 0 Å². The van der Waals surface area contributed by atoms with Crippen LogP contribution in [-0.4, -0.2) is 5.97 Å². The van der Waals surface area contributed by atoms with E-state index in [0.717, 1.165) is 0 Å². The Morgan fingerprint density at radius 2 is 1.00 bits per heavy atom. The molecule has 0 heterocycles. The van der Waals surface area contributed by atoms with Crippen LogP contribution >= 0.6 is 0 Å². The van der Waals surface area contributed by atoms with Crippen LogP contribution in [0.5, 0.6) is 5.75 Å². The maximum atomic E-state index is 10.4. The summed E-state index contributed by atoms with van der Waals surface area (Å²) < 4.78 is 4.78. The van der Waals surface area contributed by atoms with E-state index < -0.39 is 0 Å². The zero-order valence-electron chi connectivity index (χ0n) is 12.5. The lowest BCUT2D eigenvalue weighted by Crippen LogP contribution is -2.00. The van der Waals surface area contributed by atoms with Crippen LogP contribution in [0.15, 0.2) is 91.0 Å². The van der Waals surface area contributed by atoms with Crippen molar-refractivity contribution in [2.24, 2.45) is 0 Å².